The third-order valence-corrected chi connectivity index (χ3v) is 6.72. The second-order valence-corrected chi connectivity index (χ2v) is 8.20. The average Bonchev–Trinajstić information content (AvgIpc) is 3.21. The van der Waals surface area contributed by atoms with Crippen molar-refractivity contribution in [2.24, 2.45) is 0 Å². The maximum Gasteiger partial charge on any atom is 0.269 e. The van der Waals surface area contributed by atoms with Gasteiger partial charge in [0.25, 0.3) is 5.91 Å². The van der Waals surface area contributed by atoms with E-state index in [0.29, 0.717) is 12.2 Å². The lowest BCUT2D eigenvalue weighted by Crippen LogP contribution is -2.49. The average molecular weight is 404 g/mol. The predicted octanol–water partition coefficient (Wildman–Crippen LogP) is 4.31. The van der Waals surface area contributed by atoms with Crippen molar-refractivity contribution in [3.05, 3.63) is 95.8 Å². The molecule has 144 valence electrons. The Balaban J connectivity index is 1.63. The molecule has 2 amide bonds. The predicted molar refractivity (Wildman–Crippen MR) is 112 cm³/mol. The van der Waals surface area contributed by atoms with Gasteiger partial charge in [-0.05, 0) is 35.9 Å². The van der Waals surface area contributed by atoms with Crippen molar-refractivity contribution in [2.45, 2.75) is 11.4 Å². The Morgan fingerprint density at radius 3 is 2.34 bits per heavy atom. The molecule has 5 rings (SSSR count). The van der Waals surface area contributed by atoms with E-state index in [0.717, 1.165) is 16.8 Å². The number of carbonyl (C=O) groups is 2. The van der Waals surface area contributed by atoms with Crippen LogP contribution in [-0.4, -0.2) is 17.6 Å². The smallest absolute Gasteiger partial charge is 0.269 e. The van der Waals surface area contributed by atoms with Gasteiger partial charge < -0.3 is 4.90 Å². The molecule has 4 nitrogen and oxygen atoms in total. The molecule has 29 heavy (non-hydrogen) atoms. The number of rotatable bonds is 3. The van der Waals surface area contributed by atoms with E-state index >= 15 is 0 Å². The zero-order chi connectivity index (χ0) is 20.0. The van der Waals surface area contributed by atoms with Crippen LogP contribution in [0.1, 0.15) is 11.1 Å². The number of thioether (sulfide) groups is 1. The summed E-state index contributed by atoms with van der Waals surface area (Å²) < 4.78 is 13.3. The normalized spacial score (nSPS) is 20.6. The molecule has 2 aliphatic heterocycles. The van der Waals surface area contributed by atoms with E-state index in [2.05, 4.69) is 0 Å². The molecular formula is C23H17FN2O2S. The van der Waals surface area contributed by atoms with E-state index in [-0.39, 0.29) is 23.4 Å². The number of fused-ring (bicyclic) bond motifs is 2. The fourth-order valence-corrected chi connectivity index (χ4v) is 5.42. The Kier molecular flexibility index (Phi) is 4.17. The van der Waals surface area contributed by atoms with Crippen molar-refractivity contribution in [3.8, 4) is 0 Å². The summed E-state index contributed by atoms with van der Waals surface area (Å²) in [5, 5.41) is 0. The van der Waals surface area contributed by atoms with Crippen LogP contribution in [0.5, 0.6) is 0 Å². The molecule has 2 aliphatic rings. The van der Waals surface area contributed by atoms with Crippen LogP contribution in [0.25, 0.3) is 0 Å². The summed E-state index contributed by atoms with van der Waals surface area (Å²) in [7, 11) is 0. The maximum absolute atomic E-state index is 13.8. The molecule has 0 saturated carbocycles. The van der Waals surface area contributed by atoms with Crippen LogP contribution >= 0.6 is 11.8 Å². The molecule has 1 fully saturated rings. The molecule has 0 aromatic heterocycles. The van der Waals surface area contributed by atoms with Crippen molar-refractivity contribution in [1.82, 2.24) is 0 Å². The van der Waals surface area contributed by atoms with Crippen molar-refractivity contribution >= 4 is 35.0 Å². The molecule has 0 aliphatic carbocycles. The third kappa shape index (κ3) is 2.67. The molecule has 1 atom stereocenters. The van der Waals surface area contributed by atoms with Crippen LogP contribution in [-0.2, 0) is 21.0 Å². The van der Waals surface area contributed by atoms with Crippen LogP contribution in [0.2, 0.25) is 0 Å². The number of hydrogen-bond acceptors (Lipinski definition) is 3. The Labute approximate surface area is 171 Å². The lowest BCUT2D eigenvalue weighted by molar-refractivity contribution is -0.123. The van der Waals surface area contributed by atoms with Gasteiger partial charge in [0.2, 0.25) is 10.8 Å². The molecule has 0 unspecified atom stereocenters. The van der Waals surface area contributed by atoms with Crippen molar-refractivity contribution in [3.63, 3.8) is 0 Å². The van der Waals surface area contributed by atoms with Gasteiger partial charge in [-0.1, -0.05) is 48.5 Å². The second-order valence-electron chi connectivity index (χ2n) is 7.03. The Morgan fingerprint density at radius 1 is 0.897 bits per heavy atom. The SMILES string of the molecule is O=C1CS[C@@]2(C(=O)N(Cc3ccc(F)cc3)c3ccccc32)N1c1ccccc1. The molecule has 6 heteroatoms. The first-order valence-electron chi connectivity index (χ1n) is 9.29. The van der Waals surface area contributed by atoms with Gasteiger partial charge in [0.05, 0.1) is 18.0 Å². The molecule has 0 radical (unpaired) electrons. The second kappa shape index (κ2) is 6.74. The highest BCUT2D eigenvalue weighted by molar-refractivity contribution is 8.02. The number of amides is 2. The fourth-order valence-electron chi connectivity index (χ4n) is 4.06. The van der Waals surface area contributed by atoms with Gasteiger partial charge in [-0.15, -0.1) is 11.8 Å². The number of carbonyl (C=O) groups excluding carboxylic acids is 2. The molecule has 0 bridgehead atoms. The van der Waals surface area contributed by atoms with E-state index < -0.39 is 4.87 Å². The molecule has 2 heterocycles. The number of nitrogens with zero attached hydrogens (tertiary/aromatic N) is 2. The van der Waals surface area contributed by atoms with Gasteiger partial charge in [-0.2, -0.15) is 0 Å². The van der Waals surface area contributed by atoms with Gasteiger partial charge in [-0.3, -0.25) is 14.5 Å². The lowest BCUT2D eigenvalue weighted by atomic mass is 10.0. The summed E-state index contributed by atoms with van der Waals surface area (Å²) in [6.45, 7) is 0.315. The minimum atomic E-state index is -1.12. The van der Waals surface area contributed by atoms with Crippen molar-refractivity contribution < 1.29 is 14.0 Å². The lowest BCUT2D eigenvalue weighted by Gasteiger charge is -2.33. The fraction of sp³-hybridized carbons (Fsp3) is 0.130. The zero-order valence-corrected chi connectivity index (χ0v) is 16.2. The summed E-state index contributed by atoms with van der Waals surface area (Å²) in [6, 6.07) is 23.0. The first-order valence-corrected chi connectivity index (χ1v) is 10.3. The Bertz CT molecular complexity index is 1100. The quantitative estimate of drug-likeness (QED) is 0.653. The minimum absolute atomic E-state index is 0.0898. The van der Waals surface area contributed by atoms with E-state index in [9.17, 15) is 14.0 Å². The maximum atomic E-state index is 13.8. The summed E-state index contributed by atoms with van der Waals surface area (Å²) in [5.74, 6) is -0.319. The van der Waals surface area contributed by atoms with Gasteiger partial charge in [0.1, 0.15) is 5.82 Å². The first kappa shape index (κ1) is 17.9. The van der Waals surface area contributed by atoms with Crippen molar-refractivity contribution in [2.75, 3.05) is 15.6 Å². The molecule has 1 saturated heterocycles. The highest BCUT2D eigenvalue weighted by Crippen LogP contribution is 2.55. The third-order valence-electron chi connectivity index (χ3n) is 5.33. The molecule has 1 spiro atoms. The molecular weight excluding hydrogens is 387 g/mol. The summed E-state index contributed by atoms with van der Waals surface area (Å²) in [6.07, 6.45) is 0. The first-order chi connectivity index (χ1) is 14.1. The van der Waals surface area contributed by atoms with E-state index in [1.807, 2.05) is 54.6 Å². The summed E-state index contributed by atoms with van der Waals surface area (Å²) in [5.41, 5.74) is 3.12. The number of para-hydroxylation sites is 2. The summed E-state index contributed by atoms with van der Waals surface area (Å²) in [4.78, 5) is 28.9. The van der Waals surface area contributed by atoms with Crippen LogP contribution < -0.4 is 9.80 Å². The largest absolute Gasteiger partial charge is 0.304 e. The highest BCUT2D eigenvalue weighted by Gasteiger charge is 2.60. The van der Waals surface area contributed by atoms with Gasteiger partial charge in [-0.25, -0.2) is 4.39 Å². The number of anilines is 2. The van der Waals surface area contributed by atoms with Gasteiger partial charge in [0.15, 0.2) is 0 Å². The van der Waals surface area contributed by atoms with Gasteiger partial charge >= 0.3 is 0 Å². The van der Waals surface area contributed by atoms with Crippen LogP contribution in [0.4, 0.5) is 15.8 Å². The van der Waals surface area contributed by atoms with E-state index in [1.54, 1.807) is 21.9 Å². The highest BCUT2D eigenvalue weighted by atomic mass is 32.2. The number of halogens is 1. The molecule has 0 N–H and O–H groups in total. The number of benzene rings is 3. The van der Waals surface area contributed by atoms with Crippen molar-refractivity contribution in [1.29, 1.82) is 0 Å². The zero-order valence-electron chi connectivity index (χ0n) is 15.4. The van der Waals surface area contributed by atoms with Crippen LogP contribution in [0.3, 0.4) is 0 Å². The Hall–Kier alpha value is -3.12. The monoisotopic (exact) mass is 404 g/mol. The topological polar surface area (TPSA) is 40.6 Å². The van der Waals surface area contributed by atoms with E-state index in [1.165, 1.54) is 23.9 Å². The summed E-state index contributed by atoms with van der Waals surface area (Å²) >= 11 is 1.36. The van der Waals surface area contributed by atoms with Crippen LogP contribution in [0, 0.1) is 5.82 Å². The molecule has 3 aromatic rings. The Morgan fingerprint density at radius 2 is 1.59 bits per heavy atom. The standard InChI is InChI=1S/C23H17FN2O2S/c24-17-12-10-16(11-13-17)14-25-20-9-5-4-8-19(20)23(22(25)28)26(21(27)15-29-23)18-6-2-1-3-7-18/h1-13H,14-15H2/t23-/m0/s1. The molecule has 3 aromatic carbocycles. The van der Waals surface area contributed by atoms with Crippen LogP contribution in [0.15, 0.2) is 78.9 Å². The minimum Gasteiger partial charge on any atom is -0.304 e. The number of hydrogen-bond donors (Lipinski definition) is 0. The van der Waals surface area contributed by atoms with E-state index in [4.69, 9.17) is 0 Å². The van der Waals surface area contributed by atoms with Gasteiger partial charge in [0, 0.05) is 11.3 Å².